The molecule has 0 saturated carbocycles. The van der Waals surface area contributed by atoms with Crippen LogP contribution in [0.2, 0.25) is 2.82 Å². The van der Waals surface area contributed by atoms with Gasteiger partial charge in [0.2, 0.25) is 0 Å². The summed E-state index contributed by atoms with van der Waals surface area (Å²) in [6.45, 7) is -11.8. The van der Waals surface area contributed by atoms with Crippen molar-refractivity contribution in [2.45, 2.75) is 18.8 Å². The average molecular weight is 306 g/mol. The quantitative estimate of drug-likeness (QED) is 0.887. The minimum atomic E-state index is -3.71. The Hall–Kier alpha value is -2.01. The normalized spacial score (nSPS) is 40.3. The first-order valence-corrected chi connectivity index (χ1v) is 5.62. The zero-order valence-corrected chi connectivity index (χ0v) is 10.4. The number of likely N-dealkylation sites (N-methyl/N-ethyl adjacent to an activating group) is 1. The van der Waals surface area contributed by atoms with Crippen LogP contribution in [0.5, 0.6) is 0 Å². The molecule has 5 nitrogen and oxygen atoms in total. The van der Waals surface area contributed by atoms with Crippen LogP contribution < -0.4 is 5.31 Å². The van der Waals surface area contributed by atoms with Crippen molar-refractivity contribution in [3.63, 3.8) is 0 Å². The second-order valence-corrected chi connectivity index (χ2v) is 3.89. The van der Waals surface area contributed by atoms with E-state index in [-0.39, 0.29) is 9.88 Å². The van der Waals surface area contributed by atoms with Crippen LogP contribution in [0.15, 0.2) is 24.3 Å². The van der Waals surface area contributed by atoms with E-state index in [1.165, 1.54) is 0 Å². The Kier molecular flexibility index (Phi) is 1.06. The van der Waals surface area contributed by atoms with Gasteiger partial charge in [-0.15, -0.1) is 0 Å². The zero-order chi connectivity index (χ0) is 31.3. The Balaban J connectivity index is 2.43. The summed E-state index contributed by atoms with van der Waals surface area (Å²) < 4.78 is 157. The number of hydrogen-bond acceptors (Lipinski definition) is 3. The summed E-state index contributed by atoms with van der Waals surface area (Å²) in [4.78, 5) is 11.8. The molecule has 21 heavy (non-hydrogen) atoms. The Morgan fingerprint density at radius 2 is 2.62 bits per heavy atom. The van der Waals surface area contributed by atoms with Crippen LogP contribution in [0.1, 0.15) is 34.4 Å². The number of carbonyl (C=O) groups excluding carboxylic acids is 1. The van der Waals surface area contributed by atoms with Gasteiger partial charge in [-0.05, 0) is 49.9 Å². The number of alkyl carbamates (subject to hydrolysis) is 1. The minimum Gasteiger partial charge on any atom is -0.447 e. The molecule has 1 atom stereocenters. The maximum absolute atomic E-state index is 11.9. The molecule has 1 saturated heterocycles. The van der Waals surface area contributed by atoms with Crippen molar-refractivity contribution in [3.05, 3.63) is 35.4 Å². The number of carbonyl (C=O) groups is 1. The van der Waals surface area contributed by atoms with Crippen molar-refractivity contribution in [2.24, 2.45) is 0 Å². The number of aromatic amines is 1. The largest absolute Gasteiger partial charge is 0.447 e. The third-order valence-electron chi connectivity index (χ3n) is 2.42. The van der Waals surface area contributed by atoms with Crippen LogP contribution >= 0.6 is 0 Å². The van der Waals surface area contributed by atoms with Gasteiger partial charge >= 0.3 is 6.09 Å². The number of hydrogen-bond donors (Lipinski definition) is 2. The van der Waals surface area contributed by atoms with Gasteiger partial charge in [-0.2, -0.15) is 0 Å². The lowest BCUT2D eigenvalue weighted by Crippen LogP contribution is -2.28. The third kappa shape index (κ3) is 3.19. The van der Waals surface area contributed by atoms with Crippen molar-refractivity contribution < 1.29 is 35.7 Å². The fourth-order valence-corrected chi connectivity index (χ4v) is 1.58. The average Bonchev–Trinajstić information content (AvgIpc) is 3.12. The van der Waals surface area contributed by atoms with Crippen molar-refractivity contribution in [3.8, 4) is 0 Å². The first kappa shape index (κ1) is 3.84. The van der Waals surface area contributed by atoms with E-state index in [9.17, 15) is 4.79 Å². The first-order chi connectivity index (χ1) is 17.7. The fraction of sp³-hybridized carbons (Fsp3) is 0.438. The lowest BCUT2D eigenvalue weighted by molar-refractivity contribution is 0.177. The lowest BCUT2D eigenvalue weighted by Gasteiger charge is -2.09. The van der Waals surface area contributed by atoms with Gasteiger partial charge in [-0.3, -0.25) is 0 Å². The van der Waals surface area contributed by atoms with Gasteiger partial charge in [-0.25, -0.2) is 4.79 Å². The van der Waals surface area contributed by atoms with Gasteiger partial charge in [0, 0.05) is 37.3 Å². The minimum absolute atomic E-state index is 0.101. The van der Waals surface area contributed by atoms with E-state index in [4.69, 9.17) is 26.1 Å². The molecule has 1 aromatic heterocycles. The van der Waals surface area contributed by atoms with E-state index in [1.807, 2.05) is 0 Å². The van der Waals surface area contributed by atoms with E-state index < -0.39 is 104 Å². The Morgan fingerprint density at radius 3 is 3.38 bits per heavy atom. The van der Waals surface area contributed by atoms with Gasteiger partial charge in [-0.1, -0.05) is 6.04 Å². The van der Waals surface area contributed by atoms with Crippen molar-refractivity contribution in [2.75, 3.05) is 27.1 Å². The highest BCUT2D eigenvalue weighted by Crippen LogP contribution is 2.21. The van der Waals surface area contributed by atoms with Gasteiger partial charge in [0.05, 0.1) is 15.6 Å². The predicted molar refractivity (Wildman–Crippen MR) is 82.5 cm³/mol. The fourth-order valence-electron chi connectivity index (χ4n) is 1.58. The number of cyclic esters (lactones) is 1. The van der Waals surface area contributed by atoms with Gasteiger partial charge < -0.3 is 19.9 Å². The van der Waals surface area contributed by atoms with Crippen LogP contribution in [0.3, 0.4) is 0 Å². The molecule has 2 aromatic rings. The number of rotatable bonds is 5. The molecule has 0 unspecified atom stereocenters. The summed E-state index contributed by atoms with van der Waals surface area (Å²) in [5, 5.41) is -1.40. The van der Waals surface area contributed by atoms with Crippen LogP contribution in [0, 0.1) is 0 Å². The van der Waals surface area contributed by atoms with Crippen LogP contribution in [0.25, 0.3) is 10.9 Å². The number of fused-ring (bicyclic) bond motifs is 1. The zero-order valence-electron chi connectivity index (χ0n) is 29.4. The Bertz CT molecular complexity index is 1360. The molecule has 0 radical (unpaired) electrons. The highest BCUT2D eigenvalue weighted by molar-refractivity contribution is 5.84. The summed E-state index contributed by atoms with van der Waals surface area (Å²) in [5.41, 5.74) is -3.11. The summed E-state index contributed by atoms with van der Waals surface area (Å²) in [6.07, 6.45) is -9.78. The number of benzene rings is 1. The smallest absolute Gasteiger partial charge is 0.407 e. The predicted octanol–water partition coefficient (Wildman–Crippen LogP) is 1.92. The molecule has 1 aliphatic rings. The van der Waals surface area contributed by atoms with E-state index in [0.29, 0.717) is 0 Å². The monoisotopic (exact) mass is 306 g/mol. The molecule has 2 heterocycles. The van der Waals surface area contributed by atoms with Crippen LogP contribution in [-0.2, 0) is 17.5 Å². The van der Waals surface area contributed by atoms with Crippen molar-refractivity contribution in [1.29, 1.82) is 0 Å². The summed E-state index contributed by atoms with van der Waals surface area (Å²) in [6, 6.07) is -7.19. The van der Waals surface area contributed by atoms with E-state index >= 15 is 0 Å². The Morgan fingerprint density at radius 1 is 1.71 bits per heavy atom. The molecular formula is C16H21N3O2. The maximum atomic E-state index is 11.9. The number of aromatic nitrogens is 1. The molecular weight excluding hydrogens is 266 g/mol. The first-order valence-electron chi connectivity index (χ1n) is 15.0. The van der Waals surface area contributed by atoms with Crippen molar-refractivity contribution in [1.82, 2.24) is 15.2 Å². The standard InChI is InChI=1S/C16H21N3O2/c1-19(2)6-5-12-9-17-15-4-3-11(8-14(12)15)7-13-10-21-16(20)18-13/h3-4,8-9,13,17H,5-7,10H2,1-2H3,(H,18,20)/t13-/m0/s1/i1D3,2D3,3D,4D,5D2,7D2,8D,9D,10D2,13D/hD2. The number of nitrogens with one attached hydrogen (secondary N) is 2. The summed E-state index contributed by atoms with van der Waals surface area (Å²) in [7, 11) is 0. The van der Waals surface area contributed by atoms with E-state index in [2.05, 4.69) is 4.74 Å². The van der Waals surface area contributed by atoms with Gasteiger partial charge in [0.1, 0.15) is 6.56 Å². The maximum Gasteiger partial charge on any atom is 0.407 e. The lowest BCUT2D eigenvalue weighted by atomic mass is 10.0. The van der Waals surface area contributed by atoms with Gasteiger partial charge in [0.15, 0.2) is 2.82 Å². The summed E-state index contributed by atoms with van der Waals surface area (Å²) in [5.74, 6) is 0. The molecule has 1 aliphatic heterocycles. The van der Waals surface area contributed by atoms with Crippen molar-refractivity contribution >= 4 is 17.0 Å². The number of H-pyrrole nitrogens is 1. The second kappa shape index (κ2) is 5.77. The molecule has 0 spiro atoms. The highest BCUT2D eigenvalue weighted by Gasteiger charge is 2.22. The summed E-state index contributed by atoms with van der Waals surface area (Å²) >= 11 is 0. The topological polar surface area (TPSA) is 57.4 Å². The molecule has 3 rings (SSSR count). The second-order valence-electron chi connectivity index (χ2n) is 3.89. The van der Waals surface area contributed by atoms with E-state index in [1.54, 1.807) is 0 Å². The molecule has 0 aliphatic carbocycles. The number of ether oxygens (including phenoxy) is 1. The third-order valence-corrected chi connectivity index (χ3v) is 2.42. The van der Waals surface area contributed by atoms with Crippen LogP contribution in [-0.4, -0.2) is 49.0 Å². The molecule has 2 N–H and O–H groups in total. The SMILES string of the molecule is [2H]c1c(C([2H])([2H])[C@]2([2H])N([2H])C(=O)OC2([2H])[2H])c([2H])c2c(C([2H])([2H])CN(C([2H])([2H])[2H])C([2H])([2H])[2H])c([2H])n([2H])c2c1[2H]. The molecule has 5 heteroatoms. The highest BCUT2D eigenvalue weighted by atomic mass is 16.6. The molecule has 112 valence electrons. The molecule has 1 fully saturated rings. The molecule has 1 aromatic carbocycles. The number of amides is 1. The number of nitrogens with zero attached hydrogens (tertiary/aromatic N) is 1. The van der Waals surface area contributed by atoms with Gasteiger partial charge in [0.25, 0.3) is 0 Å². The van der Waals surface area contributed by atoms with Crippen LogP contribution in [0.4, 0.5) is 4.79 Å². The Labute approximate surface area is 151 Å². The molecule has 0 bridgehead atoms. The van der Waals surface area contributed by atoms with E-state index in [0.717, 1.165) is 0 Å². The molecule has 1 amide bonds.